The largest absolute Gasteiger partial charge is 0.465 e. The van der Waals surface area contributed by atoms with E-state index in [-0.39, 0.29) is 13.2 Å². The molecule has 0 saturated heterocycles. The molecule has 1 aromatic carbocycles. The summed E-state index contributed by atoms with van der Waals surface area (Å²) in [4.78, 5) is 12.5. The van der Waals surface area contributed by atoms with Crippen molar-refractivity contribution in [3.63, 3.8) is 0 Å². The van der Waals surface area contributed by atoms with Crippen molar-refractivity contribution in [3.05, 3.63) is 35.6 Å². The van der Waals surface area contributed by atoms with Crippen molar-refractivity contribution in [1.29, 1.82) is 0 Å². The number of carbonyl (C=O) groups excluding carboxylic acids is 1. The quantitative estimate of drug-likeness (QED) is 0.748. The molecule has 0 radical (unpaired) electrons. The minimum atomic E-state index is -1.09. The fourth-order valence-electron chi connectivity index (χ4n) is 2.57. The molecule has 0 bridgehead atoms. The first kappa shape index (κ1) is 17.6. The summed E-state index contributed by atoms with van der Waals surface area (Å²) in [5.41, 5.74) is 5.14. The van der Waals surface area contributed by atoms with E-state index in [4.69, 9.17) is 10.5 Å². The van der Waals surface area contributed by atoms with Gasteiger partial charge in [-0.25, -0.2) is 4.39 Å². The highest BCUT2D eigenvalue weighted by molar-refractivity contribution is 5.83. The average molecular weight is 295 g/mol. The number of nitrogens with two attached hydrogens (primary N) is 1. The van der Waals surface area contributed by atoms with Gasteiger partial charge in [0.2, 0.25) is 0 Å². The molecule has 1 unspecified atom stereocenters. The molecule has 0 aliphatic carbocycles. The Kier molecular flexibility index (Phi) is 6.82. The van der Waals surface area contributed by atoms with E-state index >= 15 is 0 Å². The van der Waals surface area contributed by atoms with Crippen molar-refractivity contribution in [2.24, 2.45) is 11.7 Å². The summed E-state index contributed by atoms with van der Waals surface area (Å²) in [6.07, 6.45) is 2.28. The van der Waals surface area contributed by atoms with Crippen LogP contribution in [-0.4, -0.2) is 19.1 Å². The number of esters is 1. The van der Waals surface area contributed by atoms with Crippen LogP contribution in [0.5, 0.6) is 0 Å². The van der Waals surface area contributed by atoms with E-state index in [2.05, 4.69) is 13.8 Å². The highest BCUT2D eigenvalue weighted by Gasteiger charge is 2.41. The summed E-state index contributed by atoms with van der Waals surface area (Å²) < 4.78 is 19.4. The normalized spacial score (nSPS) is 14.0. The van der Waals surface area contributed by atoms with E-state index < -0.39 is 17.2 Å². The molecule has 21 heavy (non-hydrogen) atoms. The van der Waals surface area contributed by atoms with Gasteiger partial charge in [0.1, 0.15) is 11.2 Å². The van der Waals surface area contributed by atoms with E-state index in [1.807, 2.05) is 0 Å². The third-order valence-electron chi connectivity index (χ3n) is 3.79. The van der Waals surface area contributed by atoms with Crippen LogP contribution in [0.1, 0.15) is 45.6 Å². The number of benzene rings is 1. The van der Waals surface area contributed by atoms with Crippen molar-refractivity contribution < 1.29 is 13.9 Å². The molecular weight excluding hydrogens is 269 g/mol. The second-order valence-corrected chi connectivity index (χ2v) is 5.77. The maximum Gasteiger partial charge on any atom is 0.317 e. The second kappa shape index (κ2) is 8.13. The molecule has 4 heteroatoms. The van der Waals surface area contributed by atoms with Gasteiger partial charge in [-0.15, -0.1) is 0 Å². The van der Waals surface area contributed by atoms with Crippen molar-refractivity contribution in [2.45, 2.75) is 45.4 Å². The Morgan fingerprint density at radius 2 is 2.05 bits per heavy atom. The van der Waals surface area contributed by atoms with Crippen LogP contribution in [0, 0.1) is 11.7 Å². The Labute approximate surface area is 126 Å². The molecule has 1 atom stereocenters. The molecule has 0 aromatic heterocycles. The molecule has 1 rings (SSSR count). The number of halogens is 1. The number of hydrogen-bond acceptors (Lipinski definition) is 3. The average Bonchev–Trinajstić information content (AvgIpc) is 2.45. The minimum absolute atomic E-state index is 0.0465. The molecular formula is C17H26FNO2. The molecule has 0 fully saturated rings. The van der Waals surface area contributed by atoms with Gasteiger partial charge in [0, 0.05) is 12.1 Å². The first-order valence-corrected chi connectivity index (χ1v) is 7.60. The van der Waals surface area contributed by atoms with Gasteiger partial charge in [-0.2, -0.15) is 0 Å². The molecule has 0 aliphatic rings. The molecule has 0 spiro atoms. The zero-order valence-corrected chi connectivity index (χ0v) is 13.2. The molecule has 0 aliphatic heterocycles. The first-order valence-electron chi connectivity index (χ1n) is 7.60. The Hall–Kier alpha value is -1.42. The van der Waals surface area contributed by atoms with Gasteiger partial charge in [0.15, 0.2) is 0 Å². The number of rotatable bonds is 8. The van der Waals surface area contributed by atoms with Gasteiger partial charge in [-0.05, 0) is 25.3 Å². The first-order chi connectivity index (χ1) is 9.97. The lowest BCUT2D eigenvalue weighted by atomic mass is 9.75. The highest BCUT2D eigenvalue weighted by atomic mass is 19.1. The zero-order chi connectivity index (χ0) is 15.9. The van der Waals surface area contributed by atoms with E-state index in [9.17, 15) is 9.18 Å². The van der Waals surface area contributed by atoms with E-state index in [0.717, 1.165) is 12.8 Å². The third kappa shape index (κ3) is 4.27. The lowest BCUT2D eigenvalue weighted by Gasteiger charge is -2.31. The van der Waals surface area contributed by atoms with Crippen LogP contribution < -0.4 is 5.73 Å². The summed E-state index contributed by atoms with van der Waals surface area (Å²) in [5, 5.41) is 0. The van der Waals surface area contributed by atoms with Crippen molar-refractivity contribution in [3.8, 4) is 0 Å². The number of hydrogen-bond donors (Lipinski definition) is 1. The van der Waals surface area contributed by atoms with Crippen LogP contribution in [0.2, 0.25) is 0 Å². The van der Waals surface area contributed by atoms with Gasteiger partial charge in [-0.3, -0.25) is 4.79 Å². The number of ether oxygens (including phenoxy) is 1. The number of carbonyl (C=O) groups is 1. The van der Waals surface area contributed by atoms with Crippen LogP contribution in [0.4, 0.5) is 4.39 Å². The second-order valence-electron chi connectivity index (χ2n) is 5.77. The Morgan fingerprint density at radius 3 is 2.57 bits per heavy atom. The van der Waals surface area contributed by atoms with E-state index in [0.29, 0.717) is 17.9 Å². The van der Waals surface area contributed by atoms with Gasteiger partial charge >= 0.3 is 5.97 Å². The smallest absolute Gasteiger partial charge is 0.317 e. The van der Waals surface area contributed by atoms with Crippen molar-refractivity contribution in [1.82, 2.24) is 0 Å². The molecule has 118 valence electrons. The molecule has 3 nitrogen and oxygen atoms in total. The summed E-state index contributed by atoms with van der Waals surface area (Å²) >= 11 is 0. The van der Waals surface area contributed by atoms with E-state index in [1.165, 1.54) is 6.07 Å². The Morgan fingerprint density at radius 1 is 1.38 bits per heavy atom. The van der Waals surface area contributed by atoms with Gasteiger partial charge in [-0.1, -0.05) is 44.9 Å². The molecule has 1 aromatic rings. The third-order valence-corrected chi connectivity index (χ3v) is 3.79. The predicted octanol–water partition coefficient (Wildman–Crippen LogP) is 3.41. The van der Waals surface area contributed by atoms with Crippen LogP contribution in [-0.2, 0) is 14.9 Å². The Balaban J connectivity index is 3.13. The molecule has 0 heterocycles. The zero-order valence-electron chi connectivity index (χ0n) is 13.2. The molecule has 2 N–H and O–H groups in total. The minimum Gasteiger partial charge on any atom is -0.465 e. The van der Waals surface area contributed by atoms with Crippen molar-refractivity contribution >= 4 is 5.97 Å². The van der Waals surface area contributed by atoms with Crippen molar-refractivity contribution in [2.75, 3.05) is 13.2 Å². The topological polar surface area (TPSA) is 52.3 Å². The standard InChI is InChI=1S/C17H26FNO2/c1-4-21-16(20)17(12-19,11-7-8-13(2)3)14-9-5-6-10-15(14)18/h5-6,9-10,13H,4,7-8,11-12,19H2,1-3H3. The SMILES string of the molecule is CCOC(=O)C(CN)(CCCC(C)C)c1ccccc1F. The van der Waals surface area contributed by atoms with Crippen LogP contribution >= 0.6 is 0 Å². The van der Waals surface area contributed by atoms with Crippen LogP contribution in [0.15, 0.2) is 24.3 Å². The van der Waals surface area contributed by atoms with Gasteiger partial charge in [0.05, 0.1) is 6.61 Å². The summed E-state index contributed by atoms with van der Waals surface area (Å²) in [6.45, 7) is 6.30. The fraction of sp³-hybridized carbons (Fsp3) is 0.588. The van der Waals surface area contributed by atoms with Gasteiger partial charge in [0.25, 0.3) is 0 Å². The lowest BCUT2D eigenvalue weighted by Crippen LogP contribution is -2.45. The van der Waals surface area contributed by atoms with Gasteiger partial charge < -0.3 is 10.5 Å². The Bertz CT molecular complexity index is 462. The molecule has 0 amide bonds. The highest BCUT2D eigenvalue weighted by Crippen LogP contribution is 2.33. The van der Waals surface area contributed by atoms with Crippen LogP contribution in [0.3, 0.4) is 0 Å². The van der Waals surface area contributed by atoms with E-state index in [1.54, 1.807) is 25.1 Å². The predicted molar refractivity (Wildman–Crippen MR) is 82.5 cm³/mol. The van der Waals surface area contributed by atoms with Crippen LogP contribution in [0.25, 0.3) is 0 Å². The maximum atomic E-state index is 14.2. The summed E-state index contributed by atoms with van der Waals surface area (Å²) in [5.74, 6) is -0.301. The maximum absolute atomic E-state index is 14.2. The summed E-state index contributed by atoms with van der Waals surface area (Å²) in [6, 6.07) is 6.33. The lowest BCUT2D eigenvalue weighted by molar-refractivity contribution is -0.150. The molecule has 0 saturated carbocycles. The summed E-state index contributed by atoms with van der Waals surface area (Å²) in [7, 11) is 0. The fourth-order valence-corrected chi connectivity index (χ4v) is 2.57. The monoisotopic (exact) mass is 295 g/mol.